The van der Waals surface area contributed by atoms with Crippen LogP contribution in [0.2, 0.25) is 0 Å². The maximum atomic E-state index is 13.0. The highest BCUT2D eigenvalue weighted by atomic mass is 16.5. The van der Waals surface area contributed by atoms with E-state index in [0.29, 0.717) is 18.8 Å². The van der Waals surface area contributed by atoms with Crippen molar-refractivity contribution in [1.29, 1.82) is 0 Å². The second-order valence-corrected chi connectivity index (χ2v) is 9.12. The Morgan fingerprint density at radius 1 is 1.12 bits per heavy atom. The van der Waals surface area contributed by atoms with E-state index in [4.69, 9.17) is 14.8 Å². The van der Waals surface area contributed by atoms with Gasteiger partial charge in [-0.3, -0.25) is 14.8 Å². The highest BCUT2D eigenvalue weighted by molar-refractivity contribution is 5.96. The van der Waals surface area contributed by atoms with Crippen molar-refractivity contribution in [3.05, 3.63) is 47.9 Å². The van der Waals surface area contributed by atoms with Crippen molar-refractivity contribution in [2.24, 2.45) is 0 Å². The van der Waals surface area contributed by atoms with Crippen molar-refractivity contribution in [3.8, 4) is 11.5 Å². The third-order valence-electron chi connectivity index (χ3n) is 6.73. The van der Waals surface area contributed by atoms with E-state index in [9.17, 15) is 4.79 Å². The van der Waals surface area contributed by atoms with E-state index < -0.39 is 0 Å². The van der Waals surface area contributed by atoms with Crippen LogP contribution in [-0.4, -0.2) is 75.2 Å². The fraction of sp³-hybridized carbons (Fsp3) is 0.520. The van der Waals surface area contributed by atoms with Gasteiger partial charge in [0.05, 0.1) is 19.8 Å². The number of ether oxygens (including phenoxy) is 1. The SMILES string of the molecule is CCCCc1ccc(N2CC(c3nc(-c4ccn[nH]4)nn3CCN3CCOCC3)CC2=O)cc1. The molecule has 5 rings (SSSR count). The van der Waals surface area contributed by atoms with Gasteiger partial charge in [0.1, 0.15) is 11.5 Å². The number of unbranched alkanes of at least 4 members (excludes halogenated alkanes) is 1. The molecule has 34 heavy (non-hydrogen) atoms. The van der Waals surface area contributed by atoms with Crippen LogP contribution >= 0.6 is 0 Å². The van der Waals surface area contributed by atoms with Crippen LogP contribution in [0.15, 0.2) is 36.5 Å². The number of nitrogens with one attached hydrogen (secondary N) is 1. The Morgan fingerprint density at radius 3 is 2.68 bits per heavy atom. The molecule has 0 saturated carbocycles. The Balaban J connectivity index is 1.34. The molecule has 9 nitrogen and oxygen atoms in total. The molecule has 2 aromatic heterocycles. The fourth-order valence-corrected chi connectivity index (χ4v) is 4.73. The predicted molar refractivity (Wildman–Crippen MR) is 130 cm³/mol. The number of nitrogens with zero attached hydrogens (tertiary/aromatic N) is 6. The van der Waals surface area contributed by atoms with E-state index in [1.807, 2.05) is 15.6 Å². The normalized spacial score (nSPS) is 19.3. The summed E-state index contributed by atoms with van der Waals surface area (Å²) in [4.78, 5) is 22.1. The van der Waals surface area contributed by atoms with Gasteiger partial charge in [-0.2, -0.15) is 5.10 Å². The van der Waals surface area contributed by atoms with Crippen LogP contribution in [0.5, 0.6) is 0 Å². The first-order valence-electron chi connectivity index (χ1n) is 12.3. The molecule has 0 bridgehead atoms. The van der Waals surface area contributed by atoms with Crippen LogP contribution < -0.4 is 4.90 Å². The number of carbonyl (C=O) groups excluding carboxylic acids is 1. The third-order valence-corrected chi connectivity index (χ3v) is 6.73. The summed E-state index contributed by atoms with van der Waals surface area (Å²) in [5.74, 6) is 1.63. The number of anilines is 1. The summed E-state index contributed by atoms with van der Waals surface area (Å²) in [6.45, 7) is 7.84. The quantitative estimate of drug-likeness (QED) is 0.525. The number of H-pyrrole nitrogens is 1. The summed E-state index contributed by atoms with van der Waals surface area (Å²) in [6, 6.07) is 10.3. The maximum absolute atomic E-state index is 13.0. The molecule has 2 aliphatic heterocycles. The average Bonchev–Trinajstić information content (AvgIpc) is 3.62. The fourth-order valence-electron chi connectivity index (χ4n) is 4.73. The number of hydrogen-bond donors (Lipinski definition) is 1. The number of aromatic amines is 1. The van der Waals surface area contributed by atoms with E-state index in [-0.39, 0.29) is 11.8 Å². The van der Waals surface area contributed by atoms with Gasteiger partial charge in [0.15, 0.2) is 5.82 Å². The van der Waals surface area contributed by atoms with Gasteiger partial charge in [-0.15, -0.1) is 5.10 Å². The van der Waals surface area contributed by atoms with E-state index >= 15 is 0 Å². The van der Waals surface area contributed by atoms with Gasteiger partial charge in [0.2, 0.25) is 5.91 Å². The van der Waals surface area contributed by atoms with Gasteiger partial charge < -0.3 is 9.64 Å². The van der Waals surface area contributed by atoms with Crippen LogP contribution in [0.1, 0.15) is 43.5 Å². The molecule has 1 N–H and O–H groups in total. The molecule has 1 amide bonds. The molecule has 9 heteroatoms. The molecule has 0 spiro atoms. The molecule has 1 aromatic carbocycles. The second kappa shape index (κ2) is 10.5. The molecular formula is C25H33N7O2. The molecule has 0 aliphatic carbocycles. The highest BCUT2D eigenvalue weighted by Gasteiger charge is 2.35. The van der Waals surface area contributed by atoms with Crippen molar-refractivity contribution in [2.45, 2.75) is 45.1 Å². The van der Waals surface area contributed by atoms with E-state index in [0.717, 1.165) is 63.0 Å². The predicted octanol–water partition coefficient (Wildman–Crippen LogP) is 2.86. The molecular weight excluding hydrogens is 430 g/mol. The Labute approximate surface area is 200 Å². The summed E-state index contributed by atoms with van der Waals surface area (Å²) in [6.07, 6.45) is 5.59. The summed E-state index contributed by atoms with van der Waals surface area (Å²) < 4.78 is 7.46. The number of carbonyl (C=O) groups is 1. The van der Waals surface area contributed by atoms with E-state index in [1.165, 1.54) is 18.4 Å². The van der Waals surface area contributed by atoms with Crippen molar-refractivity contribution in [2.75, 3.05) is 44.3 Å². The summed E-state index contributed by atoms with van der Waals surface area (Å²) >= 11 is 0. The highest BCUT2D eigenvalue weighted by Crippen LogP contribution is 2.32. The molecule has 1 unspecified atom stereocenters. The maximum Gasteiger partial charge on any atom is 0.227 e. The van der Waals surface area contributed by atoms with Gasteiger partial charge in [0, 0.05) is 50.4 Å². The van der Waals surface area contributed by atoms with Gasteiger partial charge in [-0.1, -0.05) is 25.5 Å². The number of aryl methyl sites for hydroxylation is 1. The standard InChI is InChI=1S/C25H33N7O2/c1-2-3-4-19-5-7-21(8-6-19)31-18-20(17-23(31)33)25-27-24(22-9-10-26-28-22)29-32(25)12-11-30-13-15-34-16-14-30/h5-10,20H,2-4,11-18H2,1H3,(H,26,28). The molecule has 3 aromatic rings. The number of benzene rings is 1. The summed E-state index contributed by atoms with van der Waals surface area (Å²) in [5.41, 5.74) is 3.07. The third kappa shape index (κ3) is 5.05. The number of amides is 1. The molecule has 4 heterocycles. The average molecular weight is 464 g/mol. The number of morpholine rings is 1. The van der Waals surface area contributed by atoms with Crippen molar-refractivity contribution < 1.29 is 9.53 Å². The zero-order valence-electron chi connectivity index (χ0n) is 19.8. The Kier molecular flexibility index (Phi) is 7.01. The molecule has 2 saturated heterocycles. The van der Waals surface area contributed by atoms with E-state index in [1.54, 1.807) is 6.20 Å². The van der Waals surface area contributed by atoms with Crippen LogP contribution in [0, 0.1) is 0 Å². The molecule has 1 atom stereocenters. The lowest BCUT2D eigenvalue weighted by atomic mass is 10.1. The zero-order valence-corrected chi connectivity index (χ0v) is 19.8. The Morgan fingerprint density at radius 2 is 1.94 bits per heavy atom. The first-order chi connectivity index (χ1) is 16.7. The van der Waals surface area contributed by atoms with Crippen molar-refractivity contribution >= 4 is 11.6 Å². The van der Waals surface area contributed by atoms with Crippen LogP contribution in [0.25, 0.3) is 11.5 Å². The minimum Gasteiger partial charge on any atom is -0.379 e. The lowest BCUT2D eigenvalue weighted by molar-refractivity contribution is -0.117. The Hall–Kier alpha value is -3.04. The van der Waals surface area contributed by atoms with Crippen LogP contribution in [0.3, 0.4) is 0 Å². The monoisotopic (exact) mass is 463 g/mol. The lowest BCUT2D eigenvalue weighted by Crippen LogP contribution is -2.38. The van der Waals surface area contributed by atoms with Gasteiger partial charge >= 0.3 is 0 Å². The minimum atomic E-state index is 0.00104. The molecule has 2 fully saturated rings. The number of rotatable bonds is 9. The Bertz CT molecular complexity index is 1070. The molecule has 0 radical (unpaired) electrons. The van der Waals surface area contributed by atoms with Crippen LogP contribution in [-0.2, 0) is 22.5 Å². The van der Waals surface area contributed by atoms with E-state index in [2.05, 4.69) is 46.3 Å². The van der Waals surface area contributed by atoms with Gasteiger partial charge in [-0.05, 0) is 36.6 Å². The first kappa shape index (κ1) is 22.7. The summed E-state index contributed by atoms with van der Waals surface area (Å²) in [7, 11) is 0. The minimum absolute atomic E-state index is 0.00104. The number of aromatic nitrogens is 5. The smallest absolute Gasteiger partial charge is 0.227 e. The molecule has 180 valence electrons. The summed E-state index contributed by atoms with van der Waals surface area (Å²) in [5, 5.41) is 11.8. The van der Waals surface area contributed by atoms with Gasteiger partial charge in [-0.25, -0.2) is 9.67 Å². The van der Waals surface area contributed by atoms with Crippen molar-refractivity contribution in [3.63, 3.8) is 0 Å². The van der Waals surface area contributed by atoms with Crippen molar-refractivity contribution in [1.82, 2.24) is 29.9 Å². The van der Waals surface area contributed by atoms with Crippen LogP contribution in [0.4, 0.5) is 5.69 Å². The largest absolute Gasteiger partial charge is 0.379 e. The zero-order chi connectivity index (χ0) is 23.3. The number of hydrogen-bond acceptors (Lipinski definition) is 6. The molecule has 2 aliphatic rings. The van der Waals surface area contributed by atoms with Gasteiger partial charge in [0.25, 0.3) is 0 Å². The lowest BCUT2D eigenvalue weighted by Gasteiger charge is -2.26. The topological polar surface area (TPSA) is 92.2 Å². The second-order valence-electron chi connectivity index (χ2n) is 9.12. The first-order valence-corrected chi connectivity index (χ1v) is 12.3.